The first kappa shape index (κ1) is 27.9. The largest absolute Gasteiger partial charge is 0.482 e. The molecule has 218 valence electrons. The average molecular weight is 580 g/mol. The first-order valence-electron chi connectivity index (χ1n) is 14.3. The standard InChI is InChI=1S/C30H37N3O7Si/c1-18-28(41(3,4)38)25(15-26(35)32-13-7-8-20(32)16-34)40-30(18)21-14-19(11-12-22(21)31(2)29(30)37)33-23-9-5-6-10-24(23)39-17-27(33)36/h5-6,9-12,14,18,20,25,28,34,38H,7-8,13,15-17H2,1-4H3/t18-,20+,25+,28-,30+/m1/s1. The zero-order chi connectivity index (χ0) is 29.3. The van der Waals surface area contributed by atoms with E-state index in [0.29, 0.717) is 34.9 Å². The number of rotatable bonds is 5. The van der Waals surface area contributed by atoms with Crippen molar-refractivity contribution in [2.75, 3.05) is 36.6 Å². The zero-order valence-corrected chi connectivity index (χ0v) is 24.9. The minimum absolute atomic E-state index is 0.0194. The molecule has 2 N–H and O–H groups in total. The molecule has 0 unspecified atom stereocenters. The molecule has 41 heavy (non-hydrogen) atoms. The van der Waals surface area contributed by atoms with Gasteiger partial charge in [-0.1, -0.05) is 19.1 Å². The number of hydrogen-bond acceptors (Lipinski definition) is 7. The molecule has 3 amide bonds. The third kappa shape index (κ3) is 4.20. The molecule has 0 aliphatic carbocycles. The Bertz CT molecular complexity index is 1410. The van der Waals surface area contributed by atoms with E-state index < -0.39 is 31.5 Å². The number of aliphatic hydroxyl groups excluding tert-OH is 1. The molecular weight excluding hydrogens is 542 g/mol. The molecule has 2 aromatic carbocycles. The topological polar surface area (TPSA) is 120 Å². The molecule has 5 atom stereocenters. The van der Waals surface area contributed by atoms with Crippen molar-refractivity contribution in [1.29, 1.82) is 0 Å². The van der Waals surface area contributed by atoms with Crippen molar-refractivity contribution in [2.24, 2.45) is 5.92 Å². The number of carbonyl (C=O) groups is 3. The summed E-state index contributed by atoms with van der Waals surface area (Å²) in [5.41, 5.74) is 0.674. The van der Waals surface area contributed by atoms with Gasteiger partial charge in [0.05, 0.1) is 36.5 Å². The SMILES string of the molecule is C[C@@H]1[C@@H]([Si](C)(C)O)[C@H](CC(=O)N2CCC[C@H]2CO)O[C@@]12C(=O)N(C)c1ccc(N3C(=O)COc4ccccc43)cc12. The van der Waals surface area contributed by atoms with Crippen molar-refractivity contribution in [1.82, 2.24) is 4.90 Å². The monoisotopic (exact) mass is 579 g/mol. The Hall–Kier alpha value is -3.25. The number of ether oxygens (including phenoxy) is 2. The predicted octanol–water partition coefficient (Wildman–Crippen LogP) is 2.89. The molecule has 0 aromatic heterocycles. The second-order valence-electron chi connectivity index (χ2n) is 12.2. The number of likely N-dealkylation sites (tertiary alicyclic amines) is 1. The van der Waals surface area contributed by atoms with E-state index in [0.717, 1.165) is 12.8 Å². The van der Waals surface area contributed by atoms with E-state index in [9.17, 15) is 24.3 Å². The van der Waals surface area contributed by atoms with Crippen LogP contribution in [0.25, 0.3) is 0 Å². The van der Waals surface area contributed by atoms with E-state index >= 15 is 0 Å². The van der Waals surface area contributed by atoms with Crippen LogP contribution in [-0.4, -0.2) is 79.8 Å². The van der Waals surface area contributed by atoms with Crippen LogP contribution in [0.5, 0.6) is 5.75 Å². The summed E-state index contributed by atoms with van der Waals surface area (Å²) in [5, 5.41) is 9.78. The fraction of sp³-hybridized carbons (Fsp3) is 0.500. The molecule has 2 saturated heterocycles. The number of carbonyl (C=O) groups excluding carboxylic acids is 3. The van der Waals surface area contributed by atoms with Gasteiger partial charge in [-0.2, -0.15) is 0 Å². The third-order valence-electron chi connectivity index (χ3n) is 9.35. The molecule has 2 fully saturated rings. The lowest BCUT2D eigenvalue weighted by Crippen LogP contribution is -2.45. The predicted molar refractivity (Wildman–Crippen MR) is 155 cm³/mol. The number of amides is 3. The molecule has 0 radical (unpaired) electrons. The molecule has 10 nitrogen and oxygen atoms in total. The maximum absolute atomic E-state index is 14.1. The Balaban J connectivity index is 1.42. The Labute approximate surface area is 240 Å². The van der Waals surface area contributed by atoms with Gasteiger partial charge in [-0.25, -0.2) is 0 Å². The van der Waals surface area contributed by atoms with Gasteiger partial charge in [0.2, 0.25) is 5.91 Å². The van der Waals surface area contributed by atoms with Crippen LogP contribution in [0.3, 0.4) is 0 Å². The number of anilines is 3. The molecule has 4 aliphatic rings. The summed E-state index contributed by atoms with van der Waals surface area (Å²) in [4.78, 5) is 57.0. The summed E-state index contributed by atoms with van der Waals surface area (Å²) < 4.78 is 12.4. The van der Waals surface area contributed by atoms with Crippen LogP contribution < -0.4 is 14.5 Å². The number of nitrogens with zero attached hydrogens (tertiary/aromatic N) is 3. The van der Waals surface area contributed by atoms with Gasteiger partial charge >= 0.3 is 0 Å². The first-order valence-corrected chi connectivity index (χ1v) is 17.3. The molecule has 4 aliphatic heterocycles. The summed E-state index contributed by atoms with van der Waals surface area (Å²) in [6.07, 6.45) is 0.920. The molecule has 0 bridgehead atoms. The summed E-state index contributed by atoms with van der Waals surface area (Å²) in [6.45, 7) is 5.95. The summed E-state index contributed by atoms with van der Waals surface area (Å²) >= 11 is 0. The second-order valence-corrected chi connectivity index (χ2v) is 16.2. The highest BCUT2D eigenvalue weighted by Gasteiger charge is 2.66. The molecule has 4 heterocycles. The van der Waals surface area contributed by atoms with Crippen LogP contribution in [0.1, 0.15) is 31.7 Å². The van der Waals surface area contributed by atoms with Crippen molar-refractivity contribution in [3.8, 4) is 5.75 Å². The van der Waals surface area contributed by atoms with Crippen molar-refractivity contribution in [3.63, 3.8) is 0 Å². The summed E-state index contributed by atoms with van der Waals surface area (Å²) in [7, 11) is -1.25. The van der Waals surface area contributed by atoms with E-state index in [4.69, 9.17) is 9.47 Å². The average Bonchev–Trinajstić information content (AvgIpc) is 3.59. The number of likely N-dealkylation sites (N-methyl/N-ethyl adjacent to an activating group) is 1. The molecule has 6 rings (SSSR count). The van der Waals surface area contributed by atoms with Gasteiger partial charge in [0.1, 0.15) is 5.75 Å². The van der Waals surface area contributed by atoms with E-state index in [-0.39, 0.29) is 43.4 Å². The van der Waals surface area contributed by atoms with Crippen molar-refractivity contribution >= 4 is 43.1 Å². The van der Waals surface area contributed by atoms with Crippen LogP contribution in [0.2, 0.25) is 18.6 Å². The molecule has 0 saturated carbocycles. The zero-order valence-electron chi connectivity index (χ0n) is 23.9. The van der Waals surface area contributed by atoms with Crippen LogP contribution in [0.4, 0.5) is 17.1 Å². The molecule has 11 heteroatoms. The Morgan fingerprint density at radius 2 is 1.90 bits per heavy atom. The van der Waals surface area contributed by atoms with E-state index in [1.165, 1.54) is 0 Å². The van der Waals surface area contributed by atoms with Gasteiger partial charge in [0.25, 0.3) is 11.8 Å². The van der Waals surface area contributed by atoms with Crippen LogP contribution >= 0.6 is 0 Å². The fourth-order valence-corrected chi connectivity index (χ4v) is 10.1. The number of hydrogen-bond donors (Lipinski definition) is 2. The number of aliphatic hydroxyl groups is 1. The lowest BCUT2D eigenvalue weighted by Gasteiger charge is -2.33. The quantitative estimate of drug-likeness (QED) is 0.523. The first-order chi connectivity index (χ1) is 19.5. The van der Waals surface area contributed by atoms with E-state index in [1.54, 1.807) is 21.7 Å². The van der Waals surface area contributed by atoms with Gasteiger partial charge in [-0.3, -0.25) is 19.3 Å². The second kappa shape index (κ2) is 9.94. The lowest BCUT2D eigenvalue weighted by atomic mass is 9.82. The van der Waals surface area contributed by atoms with Crippen LogP contribution in [-0.2, 0) is 24.7 Å². The normalized spacial score (nSPS) is 29.3. The maximum Gasteiger partial charge on any atom is 0.269 e. The number of benzene rings is 2. The Morgan fingerprint density at radius 3 is 2.63 bits per heavy atom. The van der Waals surface area contributed by atoms with E-state index in [1.807, 2.05) is 62.5 Å². The fourth-order valence-electron chi connectivity index (χ4n) is 7.54. The smallest absolute Gasteiger partial charge is 0.269 e. The van der Waals surface area contributed by atoms with Gasteiger partial charge in [0.15, 0.2) is 20.5 Å². The highest BCUT2D eigenvalue weighted by molar-refractivity contribution is 6.71. The third-order valence-corrected chi connectivity index (χ3v) is 11.8. The number of fused-ring (bicyclic) bond motifs is 3. The minimum atomic E-state index is -2.95. The molecule has 1 spiro atoms. The molecule has 2 aromatic rings. The van der Waals surface area contributed by atoms with E-state index in [2.05, 4.69) is 0 Å². The summed E-state index contributed by atoms with van der Waals surface area (Å²) in [6, 6.07) is 12.6. The van der Waals surface area contributed by atoms with Gasteiger partial charge in [0, 0.05) is 36.3 Å². The maximum atomic E-state index is 14.1. The minimum Gasteiger partial charge on any atom is -0.482 e. The number of para-hydroxylation sites is 2. The lowest BCUT2D eigenvalue weighted by molar-refractivity contribution is -0.149. The van der Waals surface area contributed by atoms with Crippen molar-refractivity contribution in [2.45, 2.75) is 62.6 Å². The van der Waals surface area contributed by atoms with Gasteiger partial charge < -0.3 is 29.2 Å². The Morgan fingerprint density at radius 1 is 1.15 bits per heavy atom. The highest BCUT2D eigenvalue weighted by Crippen LogP contribution is 2.60. The highest BCUT2D eigenvalue weighted by atomic mass is 28.4. The van der Waals surface area contributed by atoms with Crippen LogP contribution in [0.15, 0.2) is 42.5 Å². The van der Waals surface area contributed by atoms with Crippen LogP contribution in [0, 0.1) is 5.92 Å². The summed E-state index contributed by atoms with van der Waals surface area (Å²) in [5.74, 6) is -0.458. The van der Waals surface area contributed by atoms with Gasteiger partial charge in [-0.15, -0.1) is 0 Å². The molecular formula is C30H37N3O7Si. The van der Waals surface area contributed by atoms with Crippen molar-refractivity contribution < 1.29 is 33.8 Å². The Kier molecular flexibility index (Phi) is 6.76. The van der Waals surface area contributed by atoms with Gasteiger partial charge in [-0.05, 0) is 56.3 Å². The van der Waals surface area contributed by atoms with Crippen molar-refractivity contribution in [3.05, 3.63) is 48.0 Å².